The molecule has 1 atom stereocenters. The van der Waals surface area contributed by atoms with Gasteiger partial charge in [-0.2, -0.15) is 0 Å². The highest BCUT2D eigenvalue weighted by atomic mass is 16.5. The molecule has 6 heteroatoms. The molecular formula is C17H28N2O4. The third-order valence-electron chi connectivity index (χ3n) is 3.06. The largest absolute Gasteiger partial charge is 0.491 e. The molecule has 0 radical (unpaired) electrons. The Morgan fingerprint density at radius 3 is 2.61 bits per heavy atom. The summed E-state index contributed by atoms with van der Waals surface area (Å²) in [5.41, 5.74) is 0. The SMILES string of the molecule is CC(C)C(=O)NCCNCC(O)COCCOc1ccccc1. The molecule has 1 amide bonds. The zero-order valence-electron chi connectivity index (χ0n) is 14.0. The minimum atomic E-state index is -0.576. The van der Waals surface area contributed by atoms with Crippen molar-refractivity contribution in [1.82, 2.24) is 10.6 Å². The van der Waals surface area contributed by atoms with E-state index in [0.29, 0.717) is 32.8 Å². The number of carbonyl (C=O) groups is 1. The molecule has 1 unspecified atom stereocenters. The fraction of sp³-hybridized carbons (Fsp3) is 0.588. The Kier molecular flexibility index (Phi) is 10.0. The van der Waals surface area contributed by atoms with Gasteiger partial charge in [0.15, 0.2) is 0 Å². The van der Waals surface area contributed by atoms with Gasteiger partial charge in [-0.1, -0.05) is 32.0 Å². The Labute approximate surface area is 138 Å². The number of rotatable bonds is 12. The molecule has 1 aromatic rings. The van der Waals surface area contributed by atoms with E-state index in [2.05, 4.69) is 10.6 Å². The number of hydrogen-bond donors (Lipinski definition) is 3. The molecule has 23 heavy (non-hydrogen) atoms. The summed E-state index contributed by atoms with van der Waals surface area (Å²) in [4.78, 5) is 11.3. The minimum absolute atomic E-state index is 0.00732. The average Bonchev–Trinajstić information content (AvgIpc) is 2.54. The van der Waals surface area contributed by atoms with Crippen LogP contribution in [0.5, 0.6) is 5.75 Å². The van der Waals surface area contributed by atoms with E-state index >= 15 is 0 Å². The lowest BCUT2D eigenvalue weighted by Crippen LogP contribution is -2.37. The van der Waals surface area contributed by atoms with Crippen molar-refractivity contribution < 1.29 is 19.4 Å². The van der Waals surface area contributed by atoms with Crippen LogP contribution in [0.25, 0.3) is 0 Å². The monoisotopic (exact) mass is 324 g/mol. The number of para-hydroxylation sites is 1. The van der Waals surface area contributed by atoms with E-state index in [0.717, 1.165) is 5.75 Å². The molecule has 0 aliphatic heterocycles. The van der Waals surface area contributed by atoms with Crippen molar-refractivity contribution in [2.45, 2.75) is 20.0 Å². The first kappa shape index (κ1) is 19.4. The Balaban J connectivity index is 1.92. The summed E-state index contributed by atoms with van der Waals surface area (Å²) in [6, 6.07) is 9.53. The molecule has 0 saturated heterocycles. The first-order chi connectivity index (χ1) is 11.1. The Morgan fingerprint density at radius 1 is 1.17 bits per heavy atom. The number of aliphatic hydroxyl groups excluding tert-OH is 1. The van der Waals surface area contributed by atoms with Crippen LogP contribution in [0.2, 0.25) is 0 Å². The molecule has 0 bridgehead atoms. The minimum Gasteiger partial charge on any atom is -0.491 e. The van der Waals surface area contributed by atoms with Crippen molar-refractivity contribution in [3.05, 3.63) is 30.3 Å². The van der Waals surface area contributed by atoms with Crippen molar-refractivity contribution >= 4 is 5.91 Å². The molecule has 1 rings (SSSR count). The van der Waals surface area contributed by atoms with Crippen LogP contribution in [0.15, 0.2) is 30.3 Å². The standard InChI is InChI=1S/C17H28N2O4/c1-14(2)17(21)19-9-8-18-12-15(20)13-22-10-11-23-16-6-4-3-5-7-16/h3-7,14-15,18,20H,8-13H2,1-2H3,(H,19,21). The van der Waals surface area contributed by atoms with Gasteiger partial charge in [0, 0.05) is 25.6 Å². The van der Waals surface area contributed by atoms with Gasteiger partial charge in [0.05, 0.1) is 19.3 Å². The molecule has 0 fully saturated rings. The van der Waals surface area contributed by atoms with E-state index in [1.807, 2.05) is 44.2 Å². The molecule has 3 N–H and O–H groups in total. The second-order valence-electron chi connectivity index (χ2n) is 5.54. The Bertz CT molecular complexity index is 426. The van der Waals surface area contributed by atoms with Crippen LogP contribution in [0.3, 0.4) is 0 Å². The molecular weight excluding hydrogens is 296 g/mol. The molecule has 0 aliphatic rings. The van der Waals surface area contributed by atoms with E-state index in [9.17, 15) is 9.90 Å². The van der Waals surface area contributed by atoms with Gasteiger partial charge in [-0.05, 0) is 12.1 Å². The molecule has 1 aromatic carbocycles. The normalized spacial score (nSPS) is 12.2. The average molecular weight is 324 g/mol. The van der Waals surface area contributed by atoms with Crippen molar-refractivity contribution in [1.29, 1.82) is 0 Å². The number of aliphatic hydroxyl groups is 1. The maximum Gasteiger partial charge on any atom is 0.222 e. The van der Waals surface area contributed by atoms with Crippen LogP contribution in [0.1, 0.15) is 13.8 Å². The van der Waals surface area contributed by atoms with Gasteiger partial charge in [0.1, 0.15) is 12.4 Å². The highest BCUT2D eigenvalue weighted by molar-refractivity contribution is 5.77. The first-order valence-corrected chi connectivity index (χ1v) is 8.01. The highest BCUT2D eigenvalue weighted by Gasteiger charge is 2.06. The van der Waals surface area contributed by atoms with Gasteiger partial charge < -0.3 is 25.2 Å². The van der Waals surface area contributed by atoms with Gasteiger partial charge in [-0.25, -0.2) is 0 Å². The van der Waals surface area contributed by atoms with Crippen molar-refractivity contribution in [2.75, 3.05) is 39.5 Å². The summed E-state index contributed by atoms with van der Waals surface area (Å²) in [7, 11) is 0. The van der Waals surface area contributed by atoms with E-state index in [1.54, 1.807) is 0 Å². The van der Waals surface area contributed by atoms with Crippen molar-refractivity contribution in [3.63, 3.8) is 0 Å². The lowest BCUT2D eigenvalue weighted by atomic mass is 10.2. The number of hydrogen-bond acceptors (Lipinski definition) is 5. The van der Waals surface area contributed by atoms with Gasteiger partial charge >= 0.3 is 0 Å². The van der Waals surface area contributed by atoms with Crippen LogP contribution >= 0.6 is 0 Å². The van der Waals surface area contributed by atoms with Crippen LogP contribution in [-0.4, -0.2) is 56.6 Å². The van der Waals surface area contributed by atoms with E-state index in [1.165, 1.54) is 0 Å². The summed E-state index contributed by atoms with van der Waals surface area (Å²) in [6.07, 6.45) is -0.576. The van der Waals surface area contributed by atoms with Crippen molar-refractivity contribution in [2.24, 2.45) is 5.92 Å². The van der Waals surface area contributed by atoms with Crippen LogP contribution in [-0.2, 0) is 9.53 Å². The third kappa shape index (κ3) is 9.89. The number of nitrogens with one attached hydrogen (secondary N) is 2. The highest BCUT2D eigenvalue weighted by Crippen LogP contribution is 2.07. The molecule has 0 spiro atoms. The third-order valence-corrected chi connectivity index (χ3v) is 3.06. The number of benzene rings is 1. The van der Waals surface area contributed by atoms with Gasteiger partial charge in [0.25, 0.3) is 0 Å². The predicted octanol–water partition coefficient (Wildman–Crippen LogP) is 0.805. The summed E-state index contributed by atoms with van der Waals surface area (Å²) in [5, 5.41) is 15.6. The lowest BCUT2D eigenvalue weighted by molar-refractivity contribution is -0.123. The maximum atomic E-state index is 11.3. The summed E-state index contributed by atoms with van der Waals surface area (Å²) >= 11 is 0. The lowest BCUT2D eigenvalue weighted by Gasteiger charge is -2.13. The predicted molar refractivity (Wildman–Crippen MR) is 89.5 cm³/mol. The Hall–Kier alpha value is -1.63. The molecule has 6 nitrogen and oxygen atoms in total. The van der Waals surface area contributed by atoms with Crippen LogP contribution in [0.4, 0.5) is 0 Å². The summed E-state index contributed by atoms with van der Waals surface area (Å²) in [6.45, 7) is 6.43. The number of amides is 1. The van der Waals surface area contributed by atoms with Gasteiger partial charge in [-0.3, -0.25) is 4.79 Å². The zero-order valence-corrected chi connectivity index (χ0v) is 14.0. The first-order valence-electron chi connectivity index (χ1n) is 8.01. The van der Waals surface area contributed by atoms with Crippen molar-refractivity contribution in [3.8, 4) is 5.75 Å². The fourth-order valence-corrected chi connectivity index (χ4v) is 1.76. The maximum absolute atomic E-state index is 11.3. The second-order valence-corrected chi connectivity index (χ2v) is 5.54. The van der Waals surface area contributed by atoms with E-state index in [4.69, 9.17) is 9.47 Å². The molecule has 0 saturated carbocycles. The smallest absolute Gasteiger partial charge is 0.222 e. The van der Waals surface area contributed by atoms with E-state index in [-0.39, 0.29) is 18.4 Å². The van der Waals surface area contributed by atoms with Gasteiger partial charge in [-0.15, -0.1) is 0 Å². The molecule has 0 heterocycles. The van der Waals surface area contributed by atoms with E-state index < -0.39 is 6.10 Å². The number of ether oxygens (including phenoxy) is 2. The quantitative estimate of drug-likeness (QED) is 0.496. The molecule has 0 aromatic heterocycles. The summed E-state index contributed by atoms with van der Waals surface area (Å²) < 4.78 is 10.8. The topological polar surface area (TPSA) is 79.8 Å². The molecule has 0 aliphatic carbocycles. The fourth-order valence-electron chi connectivity index (χ4n) is 1.76. The van der Waals surface area contributed by atoms with Crippen LogP contribution in [0, 0.1) is 5.92 Å². The number of carbonyl (C=O) groups excluding carboxylic acids is 1. The second kappa shape index (κ2) is 11.9. The zero-order chi connectivity index (χ0) is 16.9. The van der Waals surface area contributed by atoms with Crippen LogP contribution < -0.4 is 15.4 Å². The Morgan fingerprint density at radius 2 is 1.91 bits per heavy atom. The summed E-state index contributed by atoms with van der Waals surface area (Å²) in [5.74, 6) is 0.836. The van der Waals surface area contributed by atoms with Gasteiger partial charge in [0.2, 0.25) is 5.91 Å². The molecule has 130 valence electrons.